The summed E-state index contributed by atoms with van der Waals surface area (Å²) in [5, 5.41) is 5.09. The van der Waals surface area contributed by atoms with E-state index in [0.717, 1.165) is 21.8 Å². The van der Waals surface area contributed by atoms with E-state index in [1.165, 1.54) is 5.39 Å². The number of alkyl halides is 1. The number of thiazole rings is 1. The molecule has 0 amide bonds. The van der Waals surface area contributed by atoms with Crippen LogP contribution < -0.4 is 4.74 Å². The van der Waals surface area contributed by atoms with Crippen molar-refractivity contribution in [3.63, 3.8) is 0 Å². The van der Waals surface area contributed by atoms with Crippen molar-refractivity contribution in [2.45, 2.75) is 5.33 Å². The van der Waals surface area contributed by atoms with Crippen LogP contribution in [0.5, 0.6) is 11.6 Å². The van der Waals surface area contributed by atoms with Gasteiger partial charge in [0.2, 0.25) is 5.88 Å². The molecule has 0 radical (unpaired) electrons. The van der Waals surface area contributed by atoms with E-state index in [1.807, 2.05) is 35.8 Å². The molecule has 0 atom stereocenters. The van der Waals surface area contributed by atoms with Crippen molar-refractivity contribution in [3.05, 3.63) is 59.7 Å². The molecule has 0 N–H and O–H groups in total. The molecule has 2 aromatic carbocycles. The first-order chi connectivity index (χ1) is 10.3. The highest BCUT2D eigenvalue weighted by Crippen LogP contribution is 2.30. The fourth-order valence-electron chi connectivity index (χ4n) is 2.36. The van der Waals surface area contributed by atoms with Crippen molar-refractivity contribution in [1.29, 1.82) is 0 Å². The lowest BCUT2D eigenvalue weighted by molar-refractivity contribution is 0.462. The van der Waals surface area contributed by atoms with Crippen molar-refractivity contribution in [2.24, 2.45) is 0 Å². The summed E-state index contributed by atoms with van der Waals surface area (Å²) in [5.41, 5.74) is 1.03. The quantitative estimate of drug-likeness (QED) is 0.468. The van der Waals surface area contributed by atoms with E-state index in [0.29, 0.717) is 11.2 Å². The zero-order chi connectivity index (χ0) is 14.2. The molecule has 4 rings (SSSR count). The van der Waals surface area contributed by atoms with Crippen LogP contribution in [0.4, 0.5) is 0 Å². The van der Waals surface area contributed by atoms with Crippen LogP contribution in [-0.4, -0.2) is 9.38 Å². The van der Waals surface area contributed by atoms with Gasteiger partial charge in [0.15, 0.2) is 4.96 Å². The monoisotopic (exact) mass is 358 g/mol. The minimum absolute atomic E-state index is 0.661. The summed E-state index contributed by atoms with van der Waals surface area (Å²) in [7, 11) is 0. The van der Waals surface area contributed by atoms with Crippen LogP contribution in [0.2, 0.25) is 0 Å². The van der Waals surface area contributed by atoms with Gasteiger partial charge in [-0.25, -0.2) is 0 Å². The first kappa shape index (κ1) is 12.9. The van der Waals surface area contributed by atoms with Gasteiger partial charge < -0.3 is 4.74 Å². The Kier molecular flexibility index (Phi) is 3.16. The number of rotatable bonds is 3. The van der Waals surface area contributed by atoms with E-state index in [1.54, 1.807) is 11.3 Å². The number of ether oxygens (including phenoxy) is 1. The summed E-state index contributed by atoms with van der Waals surface area (Å²) >= 11 is 5.11. The summed E-state index contributed by atoms with van der Waals surface area (Å²) in [5.74, 6) is 1.47. The second-order valence-corrected chi connectivity index (χ2v) is 6.10. The Balaban J connectivity index is 1.76. The molecule has 0 aliphatic rings. The molecule has 0 aliphatic heterocycles. The Labute approximate surface area is 133 Å². The van der Waals surface area contributed by atoms with Crippen LogP contribution in [0.25, 0.3) is 15.7 Å². The van der Waals surface area contributed by atoms with Crippen molar-refractivity contribution < 1.29 is 4.74 Å². The first-order valence-electron chi connectivity index (χ1n) is 6.52. The molecular formula is C16H11BrN2OS. The van der Waals surface area contributed by atoms with Gasteiger partial charge in [-0.15, -0.1) is 11.3 Å². The third kappa shape index (κ3) is 2.22. The van der Waals surface area contributed by atoms with Gasteiger partial charge in [-0.1, -0.05) is 46.3 Å². The summed E-state index contributed by atoms with van der Waals surface area (Å²) < 4.78 is 8.05. The average molecular weight is 359 g/mol. The SMILES string of the molecule is BrCc1c(Oc2ccc3ccccc3c2)nc2sccn12. The van der Waals surface area contributed by atoms with Gasteiger partial charge in [0.1, 0.15) is 5.75 Å². The lowest BCUT2D eigenvalue weighted by Gasteiger charge is -2.06. The highest BCUT2D eigenvalue weighted by molar-refractivity contribution is 9.08. The topological polar surface area (TPSA) is 26.5 Å². The number of hydrogen-bond acceptors (Lipinski definition) is 3. The van der Waals surface area contributed by atoms with Crippen LogP contribution in [0, 0.1) is 0 Å². The molecule has 0 saturated carbocycles. The standard InChI is InChI=1S/C16H11BrN2OS/c17-10-14-15(18-16-19(14)7-8-21-16)20-13-6-5-11-3-1-2-4-12(11)9-13/h1-9H,10H2. The van der Waals surface area contributed by atoms with E-state index in [4.69, 9.17) is 4.74 Å². The largest absolute Gasteiger partial charge is 0.437 e. The Bertz CT molecular complexity index is 928. The molecule has 0 bridgehead atoms. The normalized spacial score (nSPS) is 11.3. The number of benzene rings is 2. The lowest BCUT2D eigenvalue weighted by Crippen LogP contribution is -1.90. The zero-order valence-electron chi connectivity index (χ0n) is 11.0. The van der Waals surface area contributed by atoms with Gasteiger partial charge in [0.25, 0.3) is 0 Å². The minimum atomic E-state index is 0.661. The average Bonchev–Trinajstić information content (AvgIpc) is 3.07. The van der Waals surface area contributed by atoms with Crippen LogP contribution in [0.3, 0.4) is 0 Å². The predicted octanol–water partition coefficient (Wildman–Crippen LogP) is 5.24. The van der Waals surface area contributed by atoms with Crippen molar-refractivity contribution in [1.82, 2.24) is 9.38 Å². The number of aromatic nitrogens is 2. The molecule has 0 spiro atoms. The van der Waals surface area contributed by atoms with Gasteiger partial charge in [-0.05, 0) is 22.9 Å². The molecule has 3 nitrogen and oxygen atoms in total. The predicted molar refractivity (Wildman–Crippen MR) is 89.7 cm³/mol. The first-order valence-corrected chi connectivity index (χ1v) is 8.52. The summed E-state index contributed by atoms with van der Waals surface area (Å²) in [6, 6.07) is 14.3. The number of imidazole rings is 1. The fraction of sp³-hybridized carbons (Fsp3) is 0.0625. The summed E-state index contributed by atoms with van der Waals surface area (Å²) in [6.45, 7) is 0. The van der Waals surface area contributed by atoms with E-state index in [9.17, 15) is 0 Å². The van der Waals surface area contributed by atoms with Gasteiger partial charge in [-0.3, -0.25) is 4.40 Å². The minimum Gasteiger partial charge on any atom is -0.437 e. The summed E-state index contributed by atoms with van der Waals surface area (Å²) in [4.78, 5) is 5.49. The van der Waals surface area contributed by atoms with Gasteiger partial charge >= 0.3 is 0 Å². The Hall–Kier alpha value is -1.85. The van der Waals surface area contributed by atoms with E-state index in [-0.39, 0.29) is 0 Å². The van der Waals surface area contributed by atoms with Gasteiger partial charge in [-0.2, -0.15) is 4.98 Å². The molecule has 21 heavy (non-hydrogen) atoms. The third-order valence-electron chi connectivity index (χ3n) is 3.39. The molecule has 0 fully saturated rings. The number of halogens is 1. The Morgan fingerprint density at radius 2 is 2.00 bits per heavy atom. The maximum atomic E-state index is 6.00. The number of nitrogens with zero attached hydrogens (tertiary/aromatic N) is 2. The molecule has 4 aromatic rings. The highest BCUT2D eigenvalue weighted by Gasteiger charge is 2.14. The number of hydrogen-bond donors (Lipinski definition) is 0. The molecular weight excluding hydrogens is 348 g/mol. The molecule has 0 saturated heterocycles. The smallest absolute Gasteiger partial charge is 0.243 e. The van der Waals surface area contributed by atoms with Gasteiger partial charge in [0.05, 0.1) is 5.69 Å². The summed E-state index contributed by atoms with van der Waals surface area (Å²) in [6.07, 6.45) is 2.01. The van der Waals surface area contributed by atoms with Crippen LogP contribution in [0.15, 0.2) is 54.0 Å². The Morgan fingerprint density at radius 1 is 1.14 bits per heavy atom. The van der Waals surface area contributed by atoms with Crippen LogP contribution in [0.1, 0.15) is 5.69 Å². The molecule has 2 aromatic heterocycles. The second kappa shape index (κ2) is 5.16. The molecule has 2 heterocycles. The molecule has 104 valence electrons. The van der Waals surface area contributed by atoms with Gasteiger partial charge in [0, 0.05) is 16.9 Å². The van der Waals surface area contributed by atoms with Crippen molar-refractivity contribution in [2.75, 3.05) is 0 Å². The number of fused-ring (bicyclic) bond motifs is 2. The maximum absolute atomic E-state index is 6.00. The maximum Gasteiger partial charge on any atom is 0.243 e. The van der Waals surface area contributed by atoms with Crippen LogP contribution >= 0.6 is 27.3 Å². The molecule has 5 heteroatoms. The highest BCUT2D eigenvalue weighted by atomic mass is 79.9. The zero-order valence-corrected chi connectivity index (χ0v) is 13.4. The Morgan fingerprint density at radius 3 is 2.86 bits per heavy atom. The van der Waals surface area contributed by atoms with E-state index < -0.39 is 0 Å². The third-order valence-corrected chi connectivity index (χ3v) is 4.67. The van der Waals surface area contributed by atoms with Crippen LogP contribution in [-0.2, 0) is 5.33 Å². The lowest BCUT2D eigenvalue weighted by atomic mass is 10.1. The van der Waals surface area contributed by atoms with Crippen molar-refractivity contribution in [3.8, 4) is 11.6 Å². The van der Waals surface area contributed by atoms with E-state index >= 15 is 0 Å². The molecule has 0 aliphatic carbocycles. The van der Waals surface area contributed by atoms with Crippen molar-refractivity contribution >= 4 is 43.0 Å². The fourth-order valence-corrected chi connectivity index (χ4v) is 3.59. The van der Waals surface area contributed by atoms with E-state index in [2.05, 4.69) is 43.5 Å². The second-order valence-electron chi connectivity index (χ2n) is 4.66. The molecule has 0 unspecified atom stereocenters.